The van der Waals surface area contributed by atoms with Crippen molar-refractivity contribution in [2.45, 2.75) is 52.5 Å². The minimum Gasteiger partial charge on any atom is -0.357 e. The molecule has 0 atom stereocenters. The first-order chi connectivity index (χ1) is 9.50. The molecule has 1 N–H and O–H groups in total. The van der Waals surface area contributed by atoms with Crippen LogP contribution in [0.1, 0.15) is 52.3 Å². The standard InChI is InChI=1S/C14H25N5O.HI/c1-5-15-13(19-8-6-7-9-19)16-10-11-17-12(20-18-11)14(2,3)4;/h5-10H2,1-4H3,(H,15,16);1H. The van der Waals surface area contributed by atoms with Gasteiger partial charge in [-0.1, -0.05) is 25.9 Å². The largest absolute Gasteiger partial charge is 0.357 e. The van der Waals surface area contributed by atoms with Crippen LogP contribution in [0.25, 0.3) is 0 Å². The molecule has 0 amide bonds. The van der Waals surface area contributed by atoms with E-state index in [0.717, 1.165) is 25.6 Å². The fourth-order valence-corrected chi connectivity index (χ4v) is 2.12. The van der Waals surface area contributed by atoms with Gasteiger partial charge in [0.25, 0.3) is 0 Å². The highest BCUT2D eigenvalue weighted by Crippen LogP contribution is 2.19. The van der Waals surface area contributed by atoms with Gasteiger partial charge in [0, 0.05) is 25.0 Å². The van der Waals surface area contributed by atoms with Crippen LogP contribution in [0.5, 0.6) is 0 Å². The molecule has 1 aromatic heterocycles. The number of nitrogens with zero attached hydrogens (tertiary/aromatic N) is 4. The molecule has 0 spiro atoms. The van der Waals surface area contributed by atoms with Gasteiger partial charge in [-0.3, -0.25) is 0 Å². The minimum atomic E-state index is -0.117. The Morgan fingerprint density at radius 1 is 1.33 bits per heavy atom. The molecule has 120 valence electrons. The molecule has 1 fully saturated rings. The fraction of sp³-hybridized carbons (Fsp3) is 0.786. The molecule has 1 aliphatic rings. The number of likely N-dealkylation sites (tertiary alicyclic amines) is 1. The molecule has 0 saturated carbocycles. The first-order valence-corrected chi connectivity index (χ1v) is 7.37. The highest BCUT2D eigenvalue weighted by Gasteiger charge is 2.22. The zero-order chi connectivity index (χ0) is 14.6. The van der Waals surface area contributed by atoms with Crippen LogP contribution in [0.2, 0.25) is 0 Å². The van der Waals surface area contributed by atoms with Gasteiger partial charge in [-0.15, -0.1) is 24.0 Å². The summed E-state index contributed by atoms with van der Waals surface area (Å²) in [5.41, 5.74) is -0.117. The van der Waals surface area contributed by atoms with Crippen LogP contribution < -0.4 is 5.32 Å². The SMILES string of the molecule is CCNC(=NCc1noc(C(C)(C)C)n1)N1CCCC1.I. The summed E-state index contributed by atoms with van der Waals surface area (Å²) in [4.78, 5) is 11.3. The van der Waals surface area contributed by atoms with Gasteiger partial charge in [-0.05, 0) is 19.8 Å². The lowest BCUT2D eigenvalue weighted by atomic mass is 9.97. The van der Waals surface area contributed by atoms with E-state index < -0.39 is 0 Å². The maximum absolute atomic E-state index is 5.28. The molecular formula is C14H26IN5O. The summed E-state index contributed by atoms with van der Waals surface area (Å²) in [7, 11) is 0. The van der Waals surface area contributed by atoms with Crippen molar-refractivity contribution in [3.8, 4) is 0 Å². The van der Waals surface area contributed by atoms with Gasteiger partial charge in [-0.2, -0.15) is 4.98 Å². The summed E-state index contributed by atoms with van der Waals surface area (Å²) >= 11 is 0. The number of halogens is 1. The van der Waals surface area contributed by atoms with Crippen molar-refractivity contribution in [2.75, 3.05) is 19.6 Å². The van der Waals surface area contributed by atoms with E-state index in [9.17, 15) is 0 Å². The third-order valence-electron chi connectivity index (χ3n) is 3.22. The minimum absolute atomic E-state index is 0. The van der Waals surface area contributed by atoms with Gasteiger partial charge < -0.3 is 14.7 Å². The average molecular weight is 407 g/mol. The molecule has 1 aromatic rings. The molecule has 0 aromatic carbocycles. The van der Waals surface area contributed by atoms with Crippen LogP contribution in [-0.4, -0.2) is 40.6 Å². The lowest BCUT2D eigenvalue weighted by Gasteiger charge is -2.20. The third kappa shape index (κ3) is 5.12. The van der Waals surface area contributed by atoms with E-state index in [1.807, 2.05) is 0 Å². The number of hydrogen-bond acceptors (Lipinski definition) is 4. The average Bonchev–Trinajstić information content (AvgIpc) is 3.04. The van der Waals surface area contributed by atoms with E-state index in [4.69, 9.17) is 4.52 Å². The van der Waals surface area contributed by atoms with Crippen LogP contribution in [0.3, 0.4) is 0 Å². The monoisotopic (exact) mass is 407 g/mol. The molecule has 21 heavy (non-hydrogen) atoms. The second kappa shape index (κ2) is 7.95. The van der Waals surface area contributed by atoms with Gasteiger partial charge in [0.1, 0.15) is 6.54 Å². The summed E-state index contributed by atoms with van der Waals surface area (Å²) < 4.78 is 5.28. The first-order valence-electron chi connectivity index (χ1n) is 7.37. The Morgan fingerprint density at radius 2 is 2.00 bits per heavy atom. The molecular weight excluding hydrogens is 381 g/mol. The van der Waals surface area contributed by atoms with E-state index in [0.29, 0.717) is 18.3 Å². The van der Waals surface area contributed by atoms with E-state index in [1.54, 1.807) is 0 Å². The van der Waals surface area contributed by atoms with Gasteiger partial charge in [-0.25, -0.2) is 4.99 Å². The molecule has 1 saturated heterocycles. The molecule has 0 aliphatic carbocycles. The van der Waals surface area contributed by atoms with Crippen molar-refractivity contribution in [3.63, 3.8) is 0 Å². The number of rotatable bonds is 3. The lowest BCUT2D eigenvalue weighted by molar-refractivity contribution is 0.318. The van der Waals surface area contributed by atoms with Gasteiger partial charge >= 0.3 is 0 Å². The Labute approximate surface area is 143 Å². The Hall–Kier alpha value is -0.860. The Morgan fingerprint density at radius 3 is 2.52 bits per heavy atom. The summed E-state index contributed by atoms with van der Waals surface area (Å²) in [5.74, 6) is 2.26. The van der Waals surface area contributed by atoms with Crippen molar-refractivity contribution in [2.24, 2.45) is 4.99 Å². The number of nitrogens with one attached hydrogen (secondary N) is 1. The zero-order valence-corrected chi connectivity index (χ0v) is 15.7. The van der Waals surface area contributed by atoms with Crippen molar-refractivity contribution in [1.82, 2.24) is 20.4 Å². The predicted octanol–water partition coefficient (Wildman–Crippen LogP) is 2.55. The summed E-state index contributed by atoms with van der Waals surface area (Å²) in [6.45, 7) is 11.7. The van der Waals surface area contributed by atoms with E-state index >= 15 is 0 Å². The first kappa shape index (κ1) is 18.2. The lowest BCUT2D eigenvalue weighted by Crippen LogP contribution is -2.39. The molecule has 0 radical (unpaired) electrons. The van der Waals surface area contributed by atoms with Crippen LogP contribution in [0.4, 0.5) is 0 Å². The topological polar surface area (TPSA) is 66.5 Å². The van der Waals surface area contributed by atoms with E-state index in [1.165, 1.54) is 12.8 Å². The smallest absolute Gasteiger partial charge is 0.232 e. The Bertz CT molecular complexity index is 460. The summed E-state index contributed by atoms with van der Waals surface area (Å²) in [5, 5.41) is 7.32. The highest BCUT2D eigenvalue weighted by atomic mass is 127. The maximum atomic E-state index is 5.28. The number of guanidine groups is 1. The van der Waals surface area contributed by atoms with Gasteiger partial charge in [0.2, 0.25) is 5.89 Å². The van der Waals surface area contributed by atoms with Gasteiger partial charge in [0.05, 0.1) is 0 Å². The molecule has 1 aliphatic heterocycles. The molecule has 2 heterocycles. The van der Waals surface area contributed by atoms with Crippen LogP contribution >= 0.6 is 24.0 Å². The Balaban J connectivity index is 0.00000220. The molecule has 2 rings (SSSR count). The van der Waals surface area contributed by atoms with Crippen LogP contribution in [0.15, 0.2) is 9.52 Å². The number of aromatic nitrogens is 2. The van der Waals surface area contributed by atoms with Crippen molar-refractivity contribution >= 4 is 29.9 Å². The van der Waals surface area contributed by atoms with Crippen molar-refractivity contribution < 1.29 is 4.52 Å². The normalized spacial score (nSPS) is 16.0. The van der Waals surface area contributed by atoms with Gasteiger partial charge in [0.15, 0.2) is 11.8 Å². The number of aliphatic imine (C=N–C) groups is 1. The summed E-state index contributed by atoms with van der Waals surface area (Å²) in [6, 6.07) is 0. The molecule has 0 unspecified atom stereocenters. The Kier molecular flexibility index (Phi) is 6.89. The molecule has 7 heteroatoms. The van der Waals surface area contributed by atoms with E-state index in [-0.39, 0.29) is 29.4 Å². The molecule has 6 nitrogen and oxygen atoms in total. The third-order valence-corrected chi connectivity index (χ3v) is 3.22. The quantitative estimate of drug-likeness (QED) is 0.474. The van der Waals surface area contributed by atoms with E-state index in [2.05, 4.69) is 53.0 Å². The maximum Gasteiger partial charge on any atom is 0.232 e. The second-order valence-corrected chi connectivity index (χ2v) is 6.13. The summed E-state index contributed by atoms with van der Waals surface area (Å²) in [6.07, 6.45) is 2.47. The predicted molar refractivity (Wildman–Crippen MR) is 94.0 cm³/mol. The number of hydrogen-bond donors (Lipinski definition) is 1. The van der Waals surface area contributed by atoms with Crippen LogP contribution in [0, 0.1) is 0 Å². The van der Waals surface area contributed by atoms with Crippen molar-refractivity contribution in [1.29, 1.82) is 0 Å². The zero-order valence-electron chi connectivity index (χ0n) is 13.3. The van der Waals surface area contributed by atoms with Crippen molar-refractivity contribution in [3.05, 3.63) is 11.7 Å². The van der Waals surface area contributed by atoms with Crippen LogP contribution in [-0.2, 0) is 12.0 Å². The molecule has 0 bridgehead atoms. The fourth-order valence-electron chi connectivity index (χ4n) is 2.12. The second-order valence-electron chi connectivity index (χ2n) is 6.13. The highest BCUT2D eigenvalue weighted by molar-refractivity contribution is 14.0.